The van der Waals surface area contributed by atoms with Crippen molar-refractivity contribution in [3.05, 3.63) is 23.5 Å². The lowest BCUT2D eigenvalue weighted by atomic mass is 10.1. The summed E-state index contributed by atoms with van der Waals surface area (Å²) < 4.78 is 13.6. The molecule has 0 heterocycles. The first-order valence-corrected chi connectivity index (χ1v) is 6.06. The highest BCUT2D eigenvalue weighted by Crippen LogP contribution is 2.26. The molecule has 0 saturated heterocycles. The number of hydrogen-bond donors (Lipinski definition) is 2. The van der Waals surface area contributed by atoms with Crippen LogP contribution in [0.5, 0.6) is 0 Å². The van der Waals surface area contributed by atoms with Crippen LogP contribution in [0.15, 0.2) is 17.0 Å². The van der Waals surface area contributed by atoms with Gasteiger partial charge >= 0.3 is 0 Å². The molecule has 6 heteroatoms. The highest BCUT2D eigenvalue weighted by molar-refractivity contribution is 7.99. The van der Waals surface area contributed by atoms with E-state index >= 15 is 0 Å². The minimum Gasteiger partial charge on any atom is -0.398 e. The fourth-order valence-corrected chi connectivity index (χ4v) is 2.31. The summed E-state index contributed by atoms with van der Waals surface area (Å²) in [6.45, 7) is 0.820. The van der Waals surface area contributed by atoms with E-state index in [1.165, 1.54) is 17.8 Å². The molecule has 0 unspecified atom stereocenters. The van der Waals surface area contributed by atoms with Crippen molar-refractivity contribution in [3.8, 4) is 0 Å². The molecule has 1 aromatic carbocycles. The molecule has 4 N–H and O–H groups in total. The normalized spacial score (nSPS) is 10.8. The van der Waals surface area contributed by atoms with Crippen molar-refractivity contribution in [1.82, 2.24) is 4.90 Å². The Hall–Kier alpha value is -1.27. The van der Waals surface area contributed by atoms with Gasteiger partial charge in [0.25, 0.3) is 5.91 Å². The van der Waals surface area contributed by atoms with Crippen LogP contribution < -0.4 is 11.5 Å². The number of nitrogens with two attached hydrogens (primary N) is 2. The fourth-order valence-electron chi connectivity index (χ4n) is 1.23. The first-order chi connectivity index (χ1) is 7.91. The number of primary amides is 1. The van der Waals surface area contributed by atoms with E-state index in [1.54, 1.807) is 0 Å². The number of nitrogens with zero attached hydrogens (tertiary/aromatic N) is 1. The fraction of sp³-hybridized carbons (Fsp3) is 0.364. The third kappa shape index (κ3) is 3.90. The molecule has 0 bridgehead atoms. The lowest BCUT2D eigenvalue weighted by Crippen LogP contribution is -2.15. The summed E-state index contributed by atoms with van der Waals surface area (Å²) >= 11 is 1.34. The molecule has 4 nitrogen and oxygen atoms in total. The summed E-state index contributed by atoms with van der Waals surface area (Å²) in [6, 6.07) is 2.55. The molecule has 94 valence electrons. The Kier molecular flexibility index (Phi) is 4.77. The van der Waals surface area contributed by atoms with Gasteiger partial charge in [-0.05, 0) is 26.2 Å². The van der Waals surface area contributed by atoms with E-state index in [4.69, 9.17) is 11.5 Å². The number of thioether (sulfide) groups is 1. The van der Waals surface area contributed by atoms with Crippen LogP contribution in [-0.4, -0.2) is 37.2 Å². The van der Waals surface area contributed by atoms with E-state index in [-0.39, 0.29) is 11.3 Å². The Balaban J connectivity index is 2.84. The molecule has 1 aromatic rings. The molecule has 17 heavy (non-hydrogen) atoms. The summed E-state index contributed by atoms with van der Waals surface area (Å²) in [5.74, 6) is -0.334. The lowest BCUT2D eigenvalue weighted by molar-refractivity contribution is 0.100. The topological polar surface area (TPSA) is 72.3 Å². The third-order valence-corrected chi connectivity index (χ3v) is 3.18. The monoisotopic (exact) mass is 257 g/mol. The third-order valence-electron chi connectivity index (χ3n) is 2.17. The molecule has 0 atom stereocenters. The van der Waals surface area contributed by atoms with E-state index in [2.05, 4.69) is 0 Å². The Labute approximate surface area is 104 Å². The zero-order chi connectivity index (χ0) is 13.0. The van der Waals surface area contributed by atoms with Crippen LogP contribution in [0.1, 0.15) is 10.4 Å². The van der Waals surface area contributed by atoms with Gasteiger partial charge in [-0.25, -0.2) is 4.39 Å². The maximum Gasteiger partial charge on any atom is 0.250 e. The van der Waals surface area contributed by atoms with E-state index in [0.717, 1.165) is 18.4 Å². The summed E-state index contributed by atoms with van der Waals surface area (Å²) in [4.78, 5) is 13.5. The predicted molar refractivity (Wildman–Crippen MR) is 68.6 cm³/mol. The second kappa shape index (κ2) is 5.88. The van der Waals surface area contributed by atoms with Crippen LogP contribution in [0.25, 0.3) is 0 Å². The van der Waals surface area contributed by atoms with Gasteiger partial charge in [0.2, 0.25) is 0 Å². The minimum absolute atomic E-state index is 0.0759. The molecule has 0 fully saturated rings. The van der Waals surface area contributed by atoms with E-state index in [9.17, 15) is 9.18 Å². The zero-order valence-electron chi connectivity index (χ0n) is 9.87. The van der Waals surface area contributed by atoms with Gasteiger partial charge in [0.05, 0.1) is 5.56 Å². The number of carbonyl (C=O) groups is 1. The lowest BCUT2D eigenvalue weighted by Gasteiger charge is -2.10. The molecule has 0 aliphatic carbocycles. The van der Waals surface area contributed by atoms with Crippen LogP contribution >= 0.6 is 11.8 Å². The average molecular weight is 257 g/mol. The van der Waals surface area contributed by atoms with Gasteiger partial charge in [-0.3, -0.25) is 4.79 Å². The highest BCUT2D eigenvalue weighted by Gasteiger charge is 2.12. The molecular weight excluding hydrogens is 241 g/mol. The van der Waals surface area contributed by atoms with Crippen molar-refractivity contribution < 1.29 is 9.18 Å². The molecule has 0 spiro atoms. The standard InChI is InChI=1S/C11H16FN3OS/c1-15(2)3-4-17-10-5-7(11(14)16)9(13)6-8(10)12/h5-6H,3-4,13H2,1-2H3,(H2,14,16). The largest absolute Gasteiger partial charge is 0.398 e. The molecule has 0 aromatic heterocycles. The van der Waals surface area contributed by atoms with Crippen molar-refractivity contribution in [2.75, 3.05) is 32.1 Å². The number of anilines is 1. The molecule has 0 saturated carbocycles. The van der Waals surface area contributed by atoms with Crippen molar-refractivity contribution in [2.24, 2.45) is 5.73 Å². The predicted octanol–water partition coefficient (Wildman–Crippen LogP) is 1.16. The number of halogens is 1. The van der Waals surface area contributed by atoms with Gasteiger partial charge in [-0.15, -0.1) is 11.8 Å². The second-order valence-electron chi connectivity index (χ2n) is 3.89. The molecular formula is C11H16FN3OS. The summed E-state index contributed by atoms with van der Waals surface area (Å²) in [5, 5.41) is 0. The van der Waals surface area contributed by atoms with Crippen LogP contribution in [0.2, 0.25) is 0 Å². The van der Waals surface area contributed by atoms with Gasteiger partial charge in [-0.2, -0.15) is 0 Å². The highest BCUT2D eigenvalue weighted by atomic mass is 32.2. The van der Waals surface area contributed by atoms with E-state index < -0.39 is 11.7 Å². The molecule has 0 radical (unpaired) electrons. The molecule has 0 aliphatic heterocycles. The van der Waals surface area contributed by atoms with Crippen molar-refractivity contribution in [2.45, 2.75) is 4.90 Å². The maximum atomic E-state index is 13.6. The molecule has 1 amide bonds. The number of hydrogen-bond acceptors (Lipinski definition) is 4. The Morgan fingerprint density at radius 1 is 1.47 bits per heavy atom. The van der Waals surface area contributed by atoms with Crippen LogP contribution in [0.3, 0.4) is 0 Å². The van der Waals surface area contributed by atoms with Crippen molar-refractivity contribution in [3.63, 3.8) is 0 Å². The van der Waals surface area contributed by atoms with Crippen LogP contribution in [0, 0.1) is 5.82 Å². The van der Waals surface area contributed by atoms with E-state index in [1.807, 2.05) is 19.0 Å². The number of rotatable bonds is 5. The molecule has 1 rings (SSSR count). The Bertz CT molecular complexity index is 423. The van der Waals surface area contributed by atoms with Crippen LogP contribution in [-0.2, 0) is 0 Å². The van der Waals surface area contributed by atoms with Crippen molar-refractivity contribution >= 4 is 23.4 Å². The van der Waals surface area contributed by atoms with Gasteiger partial charge in [0, 0.05) is 22.9 Å². The maximum absolute atomic E-state index is 13.6. The second-order valence-corrected chi connectivity index (χ2v) is 5.02. The van der Waals surface area contributed by atoms with Gasteiger partial charge in [0.15, 0.2) is 0 Å². The number of amides is 1. The average Bonchev–Trinajstić information content (AvgIpc) is 2.20. The summed E-state index contributed by atoms with van der Waals surface area (Å²) in [7, 11) is 3.88. The number of carbonyl (C=O) groups excluding carboxylic acids is 1. The summed E-state index contributed by atoms with van der Waals surface area (Å²) in [5.41, 5.74) is 10.9. The van der Waals surface area contributed by atoms with Gasteiger partial charge in [-0.1, -0.05) is 0 Å². The smallest absolute Gasteiger partial charge is 0.250 e. The summed E-state index contributed by atoms with van der Waals surface area (Å²) in [6.07, 6.45) is 0. The van der Waals surface area contributed by atoms with Gasteiger partial charge < -0.3 is 16.4 Å². The number of benzene rings is 1. The minimum atomic E-state index is -0.642. The van der Waals surface area contributed by atoms with Gasteiger partial charge in [0.1, 0.15) is 5.82 Å². The SMILES string of the molecule is CN(C)CCSc1cc(C(N)=O)c(N)cc1F. The van der Waals surface area contributed by atoms with E-state index in [0.29, 0.717) is 4.90 Å². The van der Waals surface area contributed by atoms with Crippen LogP contribution in [0.4, 0.5) is 10.1 Å². The quantitative estimate of drug-likeness (QED) is 0.613. The Morgan fingerprint density at radius 2 is 2.12 bits per heavy atom. The zero-order valence-corrected chi connectivity index (χ0v) is 10.7. The number of nitrogen functional groups attached to an aromatic ring is 1. The molecule has 0 aliphatic rings. The first-order valence-electron chi connectivity index (χ1n) is 5.08. The van der Waals surface area contributed by atoms with Crippen molar-refractivity contribution in [1.29, 1.82) is 0 Å². The Morgan fingerprint density at radius 3 is 2.65 bits per heavy atom. The first kappa shape index (κ1) is 13.8.